The van der Waals surface area contributed by atoms with E-state index in [-0.39, 0.29) is 0 Å². The minimum absolute atomic E-state index is 0.757. The largest absolute Gasteiger partial charge is 0.394 e. The highest BCUT2D eigenvalue weighted by Gasteiger charge is 2.55. The Kier molecular flexibility index (Phi) is 13.9. The minimum atomic E-state index is -1.92. The maximum atomic E-state index is 11.3. The van der Waals surface area contributed by atoms with Gasteiger partial charge in [-0.15, -0.1) is 0 Å². The second-order valence-corrected chi connectivity index (χ2v) is 13.9. The SMILES string of the molecule is C[C@@H]1O[C@@H](O[C@@H]2[C@@H](O)[C@H](C)O[C@@H](O[C@@H]3[C@@H](O)[C@H](C)O[C@@H](O[C@@H]4[C@@H](O)[C@H](C)O[C@@H](O[C@@H]5[C@@H](O)[C@H](O)O[C@H](CO)[C@@H]5O)[C@@H]4O)[C@@H]3O)[C@@H]2O)[C@H](O)[C@H](O)[C@H]1O. The van der Waals surface area contributed by atoms with Gasteiger partial charge in [-0.3, -0.25) is 0 Å². The molecule has 304 valence electrons. The van der Waals surface area contributed by atoms with Crippen LogP contribution in [0.5, 0.6) is 0 Å². The van der Waals surface area contributed by atoms with Crippen molar-refractivity contribution in [1.29, 1.82) is 0 Å². The van der Waals surface area contributed by atoms with E-state index in [0.717, 1.165) is 0 Å². The average molecular weight is 765 g/mol. The fourth-order valence-electron chi connectivity index (χ4n) is 6.78. The standard InChI is InChI=1S/C30H52O22/c1-6-11(32)16(37)17(38)27(44-6)49-22-12(33)7(2)45-28(19(22)40)50-23-13(34)8(3)46-29(20(23)41)51-24-14(35)9(4)47-30(21(24)42)52-25-15(36)10(5-31)48-26(43)18(25)39/h6-43H,5H2,1-4H3/t6-,7-,8-,9-,10+,11-,12-,13-,14-,15-,16+,17+,18+,19+,20+,21+,22+,23+,24+,25-,26+,27-,28-,29-,30-/m0/s1. The van der Waals surface area contributed by atoms with E-state index in [0.29, 0.717) is 0 Å². The van der Waals surface area contributed by atoms with Crippen molar-refractivity contribution in [3.63, 3.8) is 0 Å². The highest BCUT2D eigenvalue weighted by molar-refractivity contribution is 4.97. The third kappa shape index (κ3) is 8.29. The lowest BCUT2D eigenvalue weighted by Crippen LogP contribution is -2.67. The highest BCUT2D eigenvalue weighted by atomic mass is 16.8. The first-order valence-electron chi connectivity index (χ1n) is 17.0. The predicted molar refractivity (Wildman–Crippen MR) is 161 cm³/mol. The molecule has 5 heterocycles. The van der Waals surface area contributed by atoms with Gasteiger partial charge in [-0.2, -0.15) is 0 Å². The van der Waals surface area contributed by atoms with Crippen LogP contribution in [-0.2, 0) is 42.6 Å². The van der Waals surface area contributed by atoms with E-state index in [4.69, 9.17) is 42.6 Å². The third-order valence-corrected chi connectivity index (χ3v) is 10.2. The summed E-state index contributed by atoms with van der Waals surface area (Å²) in [6, 6.07) is 0. The molecule has 0 aromatic rings. The van der Waals surface area contributed by atoms with Crippen LogP contribution < -0.4 is 0 Å². The molecule has 22 heteroatoms. The molecule has 0 bridgehead atoms. The molecule has 22 nitrogen and oxygen atoms in total. The summed E-state index contributed by atoms with van der Waals surface area (Å²) in [5.41, 5.74) is 0. The quantitative estimate of drug-likeness (QED) is 0.104. The van der Waals surface area contributed by atoms with E-state index in [2.05, 4.69) is 0 Å². The van der Waals surface area contributed by atoms with Crippen molar-refractivity contribution in [2.45, 2.75) is 181 Å². The Bertz CT molecular complexity index is 1140. The smallest absolute Gasteiger partial charge is 0.187 e. The van der Waals surface area contributed by atoms with Gasteiger partial charge in [0.25, 0.3) is 0 Å². The van der Waals surface area contributed by atoms with Gasteiger partial charge in [-0.05, 0) is 27.7 Å². The maximum absolute atomic E-state index is 11.3. The summed E-state index contributed by atoms with van der Waals surface area (Å²) >= 11 is 0. The van der Waals surface area contributed by atoms with Crippen LogP contribution in [0.4, 0.5) is 0 Å². The van der Waals surface area contributed by atoms with Gasteiger partial charge in [0, 0.05) is 0 Å². The van der Waals surface area contributed by atoms with Gasteiger partial charge in [0.15, 0.2) is 31.5 Å². The topological polar surface area (TPSA) is 346 Å². The number of hydrogen-bond donors (Lipinski definition) is 13. The Balaban J connectivity index is 1.28. The van der Waals surface area contributed by atoms with Crippen LogP contribution in [0.15, 0.2) is 0 Å². The zero-order valence-electron chi connectivity index (χ0n) is 28.6. The summed E-state index contributed by atoms with van der Waals surface area (Å²) in [5.74, 6) is 0. The molecule has 0 aliphatic carbocycles. The number of aliphatic hydroxyl groups is 13. The molecule has 5 aliphatic rings. The molecule has 52 heavy (non-hydrogen) atoms. The van der Waals surface area contributed by atoms with Crippen molar-refractivity contribution >= 4 is 0 Å². The Morgan fingerprint density at radius 3 is 1.00 bits per heavy atom. The Morgan fingerprint density at radius 2 is 0.654 bits per heavy atom. The fraction of sp³-hybridized carbons (Fsp3) is 1.00. The molecular weight excluding hydrogens is 712 g/mol. The van der Waals surface area contributed by atoms with Crippen LogP contribution in [-0.4, -0.2) is 227 Å². The summed E-state index contributed by atoms with van der Waals surface area (Å²) in [4.78, 5) is 0. The van der Waals surface area contributed by atoms with Crippen LogP contribution in [0, 0.1) is 0 Å². The molecule has 5 saturated heterocycles. The Hall–Kier alpha value is -0.880. The van der Waals surface area contributed by atoms with Crippen molar-refractivity contribution in [2.24, 2.45) is 0 Å². The van der Waals surface area contributed by atoms with Crippen LogP contribution in [0.3, 0.4) is 0 Å². The molecule has 5 fully saturated rings. The molecule has 25 atom stereocenters. The maximum Gasteiger partial charge on any atom is 0.187 e. The van der Waals surface area contributed by atoms with Gasteiger partial charge in [-0.1, -0.05) is 0 Å². The van der Waals surface area contributed by atoms with Gasteiger partial charge in [-0.25, -0.2) is 0 Å². The van der Waals surface area contributed by atoms with E-state index in [1.807, 2.05) is 0 Å². The molecule has 0 radical (unpaired) electrons. The first kappa shape index (κ1) is 42.3. The highest BCUT2D eigenvalue weighted by Crippen LogP contribution is 2.35. The summed E-state index contributed by atoms with van der Waals surface area (Å²) in [5, 5.41) is 137. The van der Waals surface area contributed by atoms with Crippen molar-refractivity contribution in [3.05, 3.63) is 0 Å². The van der Waals surface area contributed by atoms with Crippen molar-refractivity contribution in [3.8, 4) is 0 Å². The van der Waals surface area contributed by atoms with E-state index in [1.165, 1.54) is 27.7 Å². The van der Waals surface area contributed by atoms with Crippen LogP contribution >= 0.6 is 0 Å². The first-order valence-corrected chi connectivity index (χ1v) is 17.0. The fourth-order valence-corrected chi connectivity index (χ4v) is 6.78. The van der Waals surface area contributed by atoms with Crippen LogP contribution in [0.2, 0.25) is 0 Å². The molecule has 0 amide bonds. The summed E-state index contributed by atoms with van der Waals surface area (Å²) in [6.07, 6.45) is -39.9. The summed E-state index contributed by atoms with van der Waals surface area (Å²) in [6.45, 7) is 4.79. The molecule has 0 unspecified atom stereocenters. The Labute approximate surface area is 297 Å². The number of hydrogen-bond acceptors (Lipinski definition) is 22. The second kappa shape index (κ2) is 17.1. The van der Waals surface area contributed by atoms with Gasteiger partial charge in [0.05, 0.1) is 31.0 Å². The first-order chi connectivity index (χ1) is 24.4. The van der Waals surface area contributed by atoms with Crippen LogP contribution in [0.25, 0.3) is 0 Å². The number of aliphatic hydroxyl groups excluding tert-OH is 13. The van der Waals surface area contributed by atoms with E-state index < -0.39 is 160 Å². The molecule has 0 saturated carbocycles. The molecule has 0 aromatic heterocycles. The lowest BCUT2D eigenvalue weighted by Gasteiger charge is -2.49. The van der Waals surface area contributed by atoms with Gasteiger partial charge < -0.3 is 109 Å². The average Bonchev–Trinajstić information content (AvgIpc) is 3.10. The van der Waals surface area contributed by atoms with Gasteiger partial charge in [0.2, 0.25) is 0 Å². The lowest BCUT2D eigenvalue weighted by molar-refractivity contribution is -0.390. The third-order valence-electron chi connectivity index (χ3n) is 10.2. The monoisotopic (exact) mass is 764 g/mol. The van der Waals surface area contributed by atoms with E-state index in [9.17, 15) is 66.4 Å². The number of ether oxygens (including phenoxy) is 9. The minimum Gasteiger partial charge on any atom is -0.394 e. The summed E-state index contributed by atoms with van der Waals surface area (Å²) < 4.78 is 50.1. The molecular formula is C30H52O22. The predicted octanol–water partition coefficient (Wildman–Crippen LogP) is -7.81. The summed E-state index contributed by atoms with van der Waals surface area (Å²) in [7, 11) is 0. The van der Waals surface area contributed by atoms with E-state index >= 15 is 0 Å². The van der Waals surface area contributed by atoms with Crippen molar-refractivity contribution in [2.75, 3.05) is 6.61 Å². The molecule has 5 aliphatic heterocycles. The lowest BCUT2D eigenvalue weighted by atomic mass is 9.95. The molecule has 0 spiro atoms. The zero-order valence-corrected chi connectivity index (χ0v) is 28.6. The molecule has 0 aromatic carbocycles. The normalized spacial score (nSPS) is 56.4. The second-order valence-electron chi connectivity index (χ2n) is 13.9. The zero-order chi connectivity index (χ0) is 38.5. The molecule has 5 rings (SSSR count). The van der Waals surface area contributed by atoms with Gasteiger partial charge >= 0.3 is 0 Å². The number of rotatable bonds is 9. The van der Waals surface area contributed by atoms with E-state index in [1.54, 1.807) is 0 Å². The van der Waals surface area contributed by atoms with Crippen molar-refractivity contribution in [1.82, 2.24) is 0 Å². The van der Waals surface area contributed by atoms with Crippen molar-refractivity contribution < 1.29 is 109 Å². The van der Waals surface area contributed by atoms with Crippen LogP contribution in [0.1, 0.15) is 27.7 Å². The van der Waals surface area contributed by atoms with Gasteiger partial charge in [0.1, 0.15) is 97.7 Å². The molecule has 13 N–H and O–H groups in total. The Morgan fingerprint density at radius 1 is 0.346 bits per heavy atom.